The van der Waals surface area contributed by atoms with Crippen LogP contribution in [0.4, 0.5) is 0 Å². The minimum atomic E-state index is -0.136. The Bertz CT molecular complexity index is 1210. The monoisotopic (exact) mass is 428 g/mol. The highest BCUT2D eigenvalue weighted by Gasteiger charge is 2.14. The van der Waals surface area contributed by atoms with Crippen LogP contribution in [0.5, 0.6) is 0 Å². The molecule has 156 valence electrons. The summed E-state index contributed by atoms with van der Waals surface area (Å²) < 4.78 is 0. The lowest BCUT2D eigenvalue weighted by Gasteiger charge is -2.25. The number of para-hydroxylation sites is 1. The molecule has 4 rings (SSSR count). The van der Waals surface area contributed by atoms with E-state index in [1.165, 1.54) is 5.56 Å². The third-order valence-corrected chi connectivity index (χ3v) is 5.44. The third kappa shape index (κ3) is 5.55. The molecule has 2 N–H and O–H groups in total. The summed E-state index contributed by atoms with van der Waals surface area (Å²) >= 11 is 5.71. The van der Waals surface area contributed by atoms with E-state index in [4.69, 9.17) is 12.2 Å². The molecule has 0 radical (unpaired) electrons. The molecule has 0 spiro atoms. The molecule has 31 heavy (non-hydrogen) atoms. The molecule has 1 aromatic heterocycles. The van der Waals surface area contributed by atoms with Crippen LogP contribution in [-0.4, -0.2) is 26.5 Å². The number of nitrogens with zero attached hydrogens (tertiary/aromatic N) is 2. The first-order valence-electron chi connectivity index (χ1n) is 10.3. The second-order valence-electron chi connectivity index (χ2n) is 7.34. The van der Waals surface area contributed by atoms with Crippen molar-refractivity contribution in [2.75, 3.05) is 6.54 Å². The maximum Gasteiger partial charge on any atom is 0.258 e. The molecule has 0 aliphatic heterocycles. The van der Waals surface area contributed by atoms with E-state index in [-0.39, 0.29) is 5.56 Å². The molecule has 0 fully saturated rings. The van der Waals surface area contributed by atoms with Crippen molar-refractivity contribution in [2.24, 2.45) is 0 Å². The van der Waals surface area contributed by atoms with E-state index in [1.54, 1.807) is 6.07 Å². The van der Waals surface area contributed by atoms with Gasteiger partial charge in [0.1, 0.15) is 5.82 Å². The van der Waals surface area contributed by atoms with Crippen LogP contribution in [-0.2, 0) is 19.5 Å². The molecule has 6 heteroatoms. The molecule has 0 aliphatic rings. The standard InChI is InChI=1S/C25H24N4OS/c30-24-21-13-7-8-14-22(21)27-23(28-24)18-29(17-20-11-5-2-6-12-20)25(31)26-16-15-19-9-3-1-4-10-19/h1-14H,15-18H2,(H,26,31)(H,27,28,30). The van der Waals surface area contributed by atoms with Crippen molar-refractivity contribution in [3.63, 3.8) is 0 Å². The molecule has 0 saturated heterocycles. The number of thiocarbonyl (C=S) groups is 1. The second kappa shape index (κ2) is 10.00. The number of aromatic amines is 1. The highest BCUT2D eigenvalue weighted by atomic mass is 32.1. The van der Waals surface area contributed by atoms with Crippen LogP contribution >= 0.6 is 12.2 Å². The van der Waals surface area contributed by atoms with Crippen molar-refractivity contribution in [1.82, 2.24) is 20.2 Å². The van der Waals surface area contributed by atoms with Crippen molar-refractivity contribution < 1.29 is 0 Å². The van der Waals surface area contributed by atoms with Gasteiger partial charge < -0.3 is 15.2 Å². The second-order valence-corrected chi connectivity index (χ2v) is 7.73. The molecule has 4 aromatic rings. The average Bonchev–Trinajstić information content (AvgIpc) is 2.80. The van der Waals surface area contributed by atoms with Gasteiger partial charge in [0.2, 0.25) is 0 Å². The zero-order valence-corrected chi connectivity index (χ0v) is 17.9. The van der Waals surface area contributed by atoms with E-state index in [1.807, 2.05) is 59.5 Å². The van der Waals surface area contributed by atoms with Crippen LogP contribution in [0.15, 0.2) is 89.7 Å². The normalized spacial score (nSPS) is 10.7. The lowest BCUT2D eigenvalue weighted by atomic mass is 10.1. The van der Waals surface area contributed by atoms with E-state index in [9.17, 15) is 4.79 Å². The molecule has 5 nitrogen and oxygen atoms in total. The van der Waals surface area contributed by atoms with Gasteiger partial charge in [0, 0.05) is 13.1 Å². The van der Waals surface area contributed by atoms with E-state index in [2.05, 4.69) is 39.6 Å². The Morgan fingerprint density at radius 3 is 2.26 bits per heavy atom. The van der Waals surface area contributed by atoms with Crippen molar-refractivity contribution in [1.29, 1.82) is 0 Å². The fraction of sp³-hybridized carbons (Fsp3) is 0.160. The smallest absolute Gasteiger partial charge is 0.258 e. The molecule has 0 amide bonds. The van der Waals surface area contributed by atoms with Crippen LogP contribution in [0.1, 0.15) is 17.0 Å². The van der Waals surface area contributed by atoms with Crippen molar-refractivity contribution >= 4 is 28.2 Å². The number of hydrogen-bond acceptors (Lipinski definition) is 3. The fourth-order valence-corrected chi connectivity index (χ4v) is 3.70. The first-order chi connectivity index (χ1) is 15.2. The number of aromatic nitrogens is 2. The fourth-order valence-electron chi connectivity index (χ4n) is 3.46. The Labute approximate surface area is 186 Å². The third-order valence-electron chi connectivity index (χ3n) is 5.04. The Morgan fingerprint density at radius 1 is 0.871 bits per heavy atom. The maximum absolute atomic E-state index is 12.5. The first-order valence-corrected chi connectivity index (χ1v) is 10.7. The molecule has 0 saturated carbocycles. The zero-order chi connectivity index (χ0) is 21.5. The van der Waals surface area contributed by atoms with E-state index < -0.39 is 0 Å². The number of benzene rings is 3. The summed E-state index contributed by atoms with van der Waals surface area (Å²) in [7, 11) is 0. The van der Waals surface area contributed by atoms with Crippen molar-refractivity contribution in [2.45, 2.75) is 19.5 Å². The van der Waals surface area contributed by atoms with Gasteiger partial charge in [0.05, 0.1) is 17.4 Å². The number of hydrogen-bond donors (Lipinski definition) is 2. The van der Waals surface area contributed by atoms with Crippen LogP contribution in [0.3, 0.4) is 0 Å². The van der Waals surface area contributed by atoms with E-state index in [0.717, 1.165) is 18.5 Å². The number of H-pyrrole nitrogens is 1. The Balaban J connectivity index is 1.51. The minimum Gasteiger partial charge on any atom is -0.362 e. The SMILES string of the molecule is O=c1[nH]c(CN(Cc2ccccc2)C(=S)NCCc2ccccc2)nc2ccccc12. The van der Waals surface area contributed by atoms with E-state index in [0.29, 0.717) is 34.9 Å². The quantitative estimate of drug-likeness (QED) is 0.435. The molecular weight excluding hydrogens is 404 g/mol. The summed E-state index contributed by atoms with van der Waals surface area (Å²) in [5.74, 6) is 0.590. The van der Waals surface area contributed by atoms with Crippen molar-refractivity contribution in [3.8, 4) is 0 Å². The summed E-state index contributed by atoms with van der Waals surface area (Å²) in [5, 5.41) is 4.58. The van der Waals surface area contributed by atoms with Crippen LogP contribution in [0.2, 0.25) is 0 Å². The van der Waals surface area contributed by atoms with Gasteiger partial charge in [0.25, 0.3) is 5.56 Å². The molecule has 3 aromatic carbocycles. The number of nitrogens with one attached hydrogen (secondary N) is 2. The molecule has 0 atom stereocenters. The topological polar surface area (TPSA) is 61.0 Å². The predicted octanol–water partition coefficient (Wildman–Crippen LogP) is 4.04. The van der Waals surface area contributed by atoms with Crippen LogP contribution < -0.4 is 10.9 Å². The summed E-state index contributed by atoms with van der Waals surface area (Å²) in [4.78, 5) is 22.1. The molecule has 0 bridgehead atoms. The lowest BCUT2D eigenvalue weighted by molar-refractivity contribution is 0.388. The van der Waals surface area contributed by atoms with Gasteiger partial charge in [0.15, 0.2) is 5.11 Å². The summed E-state index contributed by atoms with van der Waals surface area (Å²) in [6.07, 6.45) is 0.880. The van der Waals surface area contributed by atoms with Gasteiger partial charge in [-0.2, -0.15) is 0 Å². The maximum atomic E-state index is 12.5. The Kier molecular flexibility index (Phi) is 6.69. The molecule has 0 aliphatic carbocycles. The molecular formula is C25H24N4OS. The van der Waals surface area contributed by atoms with Gasteiger partial charge in [-0.05, 0) is 41.9 Å². The van der Waals surface area contributed by atoms with Crippen LogP contribution in [0, 0.1) is 0 Å². The highest BCUT2D eigenvalue weighted by molar-refractivity contribution is 7.80. The highest BCUT2D eigenvalue weighted by Crippen LogP contribution is 2.11. The Morgan fingerprint density at radius 2 is 1.52 bits per heavy atom. The summed E-state index contributed by atoms with van der Waals surface area (Å²) in [6, 6.07) is 27.8. The van der Waals surface area contributed by atoms with E-state index >= 15 is 0 Å². The van der Waals surface area contributed by atoms with Gasteiger partial charge in [-0.1, -0.05) is 72.8 Å². The van der Waals surface area contributed by atoms with Crippen LogP contribution in [0.25, 0.3) is 10.9 Å². The van der Waals surface area contributed by atoms with Gasteiger partial charge in [-0.15, -0.1) is 0 Å². The predicted molar refractivity (Wildman–Crippen MR) is 129 cm³/mol. The first kappa shape index (κ1) is 20.8. The number of fused-ring (bicyclic) bond motifs is 1. The largest absolute Gasteiger partial charge is 0.362 e. The molecule has 0 unspecified atom stereocenters. The molecule has 1 heterocycles. The summed E-state index contributed by atoms with van der Waals surface area (Å²) in [5.41, 5.74) is 2.94. The minimum absolute atomic E-state index is 0.136. The lowest BCUT2D eigenvalue weighted by Crippen LogP contribution is -2.40. The van der Waals surface area contributed by atoms with Gasteiger partial charge in [-0.25, -0.2) is 4.98 Å². The zero-order valence-electron chi connectivity index (χ0n) is 17.1. The van der Waals surface area contributed by atoms with Gasteiger partial charge in [-0.3, -0.25) is 4.79 Å². The van der Waals surface area contributed by atoms with Crippen molar-refractivity contribution in [3.05, 3.63) is 112 Å². The average molecular weight is 429 g/mol. The van der Waals surface area contributed by atoms with Gasteiger partial charge >= 0.3 is 0 Å². The summed E-state index contributed by atoms with van der Waals surface area (Å²) in [6.45, 7) is 1.76. The Hall–Kier alpha value is -3.51. The number of rotatable bonds is 7.